The molecule has 61 heavy (non-hydrogen) atoms. The fraction of sp³-hybridized carbons (Fsp3) is 0.945. The summed E-state index contributed by atoms with van der Waals surface area (Å²) in [6.45, 7) is 9.08. The van der Waals surface area contributed by atoms with Gasteiger partial charge in [-0.3, -0.25) is 14.4 Å². The second-order valence-corrected chi connectivity index (χ2v) is 19.1. The Morgan fingerprint density at radius 2 is 0.574 bits per heavy atom. The summed E-state index contributed by atoms with van der Waals surface area (Å²) in [6.07, 6.45) is 52.2. The van der Waals surface area contributed by atoms with Crippen molar-refractivity contribution in [2.75, 3.05) is 13.2 Å². The monoisotopic (exact) mass is 863 g/mol. The van der Waals surface area contributed by atoms with Crippen LogP contribution in [-0.2, 0) is 28.6 Å². The summed E-state index contributed by atoms with van der Waals surface area (Å²) < 4.78 is 16.8. The van der Waals surface area contributed by atoms with Crippen LogP contribution in [0, 0.1) is 5.92 Å². The Kier molecular flexibility index (Phi) is 48.1. The zero-order valence-electron chi connectivity index (χ0n) is 41.6. The number of esters is 3. The molecule has 2 atom stereocenters. The van der Waals surface area contributed by atoms with E-state index in [1.54, 1.807) is 0 Å². The topological polar surface area (TPSA) is 78.9 Å². The maximum Gasteiger partial charge on any atom is 0.306 e. The average Bonchev–Trinajstić information content (AvgIpc) is 3.26. The quantitative estimate of drug-likeness (QED) is 0.0344. The minimum atomic E-state index is -0.761. The van der Waals surface area contributed by atoms with Crippen LogP contribution < -0.4 is 0 Å². The molecule has 0 aromatic carbocycles. The highest BCUT2D eigenvalue weighted by Gasteiger charge is 2.19. The van der Waals surface area contributed by atoms with Crippen LogP contribution in [0.5, 0.6) is 0 Å². The van der Waals surface area contributed by atoms with Gasteiger partial charge in [0.25, 0.3) is 0 Å². The largest absolute Gasteiger partial charge is 0.462 e. The minimum Gasteiger partial charge on any atom is -0.462 e. The summed E-state index contributed by atoms with van der Waals surface area (Å²) in [4.78, 5) is 38.0. The molecule has 0 heterocycles. The number of rotatable bonds is 50. The number of hydrogen-bond donors (Lipinski definition) is 0. The summed E-state index contributed by atoms with van der Waals surface area (Å²) in [5.41, 5.74) is 0. The lowest BCUT2D eigenvalue weighted by atomic mass is 9.99. The van der Waals surface area contributed by atoms with E-state index in [9.17, 15) is 14.4 Å². The van der Waals surface area contributed by atoms with Crippen molar-refractivity contribution in [3.8, 4) is 0 Å². The second kappa shape index (κ2) is 49.4. The van der Waals surface area contributed by atoms with Crippen LogP contribution in [-0.4, -0.2) is 37.2 Å². The highest BCUT2D eigenvalue weighted by molar-refractivity contribution is 5.71. The van der Waals surface area contributed by atoms with Gasteiger partial charge >= 0.3 is 17.9 Å². The lowest BCUT2D eigenvalue weighted by Gasteiger charge is -2.18. The van der Waals surface area contributed by atoms with Crippen molar-refractivity contribution < 1.29 is 28.6 Å². The Labute approximate surface area is 380 Å². The highest BCUT2D eigenvalue weighted by Crippen LogP contribution is 2.18. The SMILES string of the molecule is CCCCCCCCCCCCCCCC(=O)OC[C@H](COC(=O)CCCCCCCCCCCCCC)OC(=O)CCCCCCCCCCCCCCCCC(C)CC. The van der Waals surface area contributed by atoms with Crippen LogP contribution in [0.1, 0.15) is 310 Å². The third-order valence-corrected chi connectivity index (χ3v) is 12.9. The molecule has 0 aromatic rings. The molecule has 0 saturated carbocycles. The van der Waals surface area contributed by atoms with Gasteiger partial charge in [0.1, 0.15) is 13.2 Å². The molecule has 0 amide bonds. The fourth-order valence-electron chi connectivity index (χ4n) is 8.36. The molecule has 0 radical (unpaired) electrons. The number of carbonyl (C=O) groups excluding carboxylic acids is 3. The molecule has 0 rings (SSSR count). The van der Waals surface area contributed by atoms with Gasteiger partial charge in [0.05, 0.1) is 0 Å². The van der Waals surface area contributed by atoms with E-state index in [0.717, 1.165) is 63.7 Å². The predicted octanol–water partition coefficient (Wildman–Crippen LogP) is 17.8. The number of hydrogen-bond acceptors (Lipinski definition) is 6. The van der Waals surface area contributed by atoms with Crippen LogP contribution in [0.2, 0.25) is 0 Å². The predicted molar refractivity (Wildman–Crippen MR) is 261 cm³/mol. The molecule has 1 unspecified atom stereocenters. The van der Waals surface area contributed by atoms with Gasteiger partial charge in [-0.2, -0.15) is 0 Å². The van der Waals surface area contributed by atoms with E-state index in [2.05, 4.69) is 27.7 Å². The van der Waals surface area contributed by atoms with E-state index in [-0.39, 0.29) is 31.1 Å². The van der Waals surface area contributed by atoms with Crippen molar-refractivity contribution >= 4 is 17.9 Å². The van der Waals surface area contributed by atoms with E-state index in [1.165, 1.54) is 205 Å². The summed E-state index contributed by atoms with van der Waals surface area (Å²) in [6, 6.07) is 0. The molecule has 0 saturated heterocycles. The summed E-state index contributed by atoms with van der Waals surface area (Å²) >= 11 is 0. The van der Waals surface area contributed by atoms with Gasteiger partial charge < -0.3 is 14.2 Å². The molecule has 0 aromatic heterocycles. The molecule has 0 spiro atoms. The van der Waals surface area contributed by atoms with Crippen LogP contribution in [0.3, 0.4) is 0 Å². The first-order valence-electron chi connectivity index (χ1n) is 27.4. The normalized spacial score (nSPS) is 12.4. The first kappa shape index (κ1) is 59.4. The van der Waals surface area contributed by atoms with Crippen LogP contribution in [0.4, 0.5) is 0 Å². The summed E-state index contributed by atoms with van der Waals surface area (Å²) in [7, 11) is 0. The standard InChI is InChI=1S/C55H106O6/c1-5-8-10-12-14-16-18-22-27-31-35-39-43-47-54(57)60-50-52(49-59-53(56)46-42-38-34-30-26-19-17-15-13-11-9-6-2)61-55(58)48-44-40-36-32-28-24-21-20-23-25-29-33-37-41-45-51(4)7-3/h51-52H,5-50H2,1-4H3/t51?,52-/m0/s1. The smallest absolute Gasteiger partial charge is 0.306 e. The lowest BCUT2D eigenvalue weighted by molar-refractivity contribution is -0.167. The number of carbonyl (C=O) groups is 3. The summed E-state index contributed by atoms with van der Waals surface area (Å²) in [5, 5.41) is 0. The minimum absolute atomic E-state index is 0.0622. The summed E-state index contributed by atoms with van der Waals surface area (Å²) in [5.74, 6) is 0.0548. The third kappa shape index (κ3) is 47.7. The fourth-order valence-corrected chi connectivity index (χ4v) is 8.36. The molecule has 6 nitrogen and oxygen atoms in total. The van der Waals surface area contributed by atoms with Crippen molar-refractivity contribution in [3.05, 3.63) is 0 Å². The molecule has 362 valence electrons. The van der Waals surface area contributed by atoms with Crippen LogP contribution >= 0.6 is 0 Å². The maximum atomic E-state index is 12.8. The van der Waals surface area contributed by atoms with Crippen molar-refractivity contribution in [2.24, 2.45) is 5.92 Å². The molecule has 0 bridgehead atoms. The average molecular weight is 863 g/mol. The van der Waals surface area contributed by atoms with Crippen molar-refractivity contribution in [1.29, 1.82) is 0 Å². The first-order valence-corrected chi connectivity index (χ1v) is 27.4. The molecule has 0 aliphatic carbocycles. The van der Waals surface area contributed by atoms with Crippen LogP contribution in [0.25, 0.3) is 0 Å². The molecular formula is C55H106O6. The zero-order valence-corrected chi connectivity index (χ0v) is 41.6. The Morgan fingerprint density at radius 1 is 0.328 bits per heavy atom. The van der Waals surface area contributed by atoms with Gasteiger partial charge in [-0.1, -0.05) is 272 Å². The van der Waals surface area contributed by atoms with Crippen LogP contribution in [0.15, 0.2) is 0 Å². The Hall–Kier alpha value is -1.59. The Morgan fingerprint density at radius 3 is 0.852 bits per heavy atom. The zero-order chi connectivity index (χ0) is 44.5. The first-order chi connectivity index (χ1) is 29.9. The van der Waals surface area contributed by atoms with E-state index in [4.69, 9.17) is 14.2 Å². The lowest BCUT2D eigenvalue weighted by Crippen LogP contribution is -2.30. The third-order valence-electron chi connectivity index (χ3n) is 12.9. The molecule has 0 aliphatic rings. The molecule has 0 N–H and O–H groups in total. The second-order valence-electron chi connectivity index (χ2n) is 19.1. The van der Waals surface area contributed by atoms with E-state index in [1.807, 2.05) is 0 Å². The van der Waals surface area contributed by atoms with Gasteiger partial charge in [-0.15, -0.1) is 0 Å². The van der Waals surface area contributed by atoms with Gasteiger partial charge in [0.2, 0.25) is 0 Å². The number of unbranched alkanes of at least 4 members (excludes halogenated alkanes) is 36. The highest BCUT2D eigenvalue weighted by atomic mass is 16.6. The molecule has 0 aliphatic heterocycles. The Bertz CT molecular complexity index is 920. The van der Waals surface area contributed by atoms with Crippen molar-refractivity contribution in [2.45, 2.75) is 316 Å². The Balaban J connectivity index is 4.29. The van der Waals surface area contributed by atoms with Gasteiger partial charge in [-0.05, 0) is 25.2 Å². The van der Waals surface area contributed by atoms with E-state index in [0.29, 0.717) is 19.3 Å². The molecule has 0 fully saturated rings. The van der Waals surface area contributed by atoms with E-state index < -0.39 is 6.10 Å². The van der Waals surface area contributed by atoms with Gasteiger partial charge in [0, 0.05) is 19.3 Å². The van der Waals surface area contributed by atoms with E-state index >= 15 is 0 Å². The number of ether oxygens (including phenoxy) is 3. The van der Waals surface area contributed by atoms with Crippen molar-refractivity contribution in [1.82, 2.24) is 0 Å². The maximum absolute atomic E-state index is 12.8. The van der Waals surface area contributed by atoms with Gasteiger partial charge in [0.15, 0.2) is 6.10 Å². The molecule has 6 heteroatoms. The van der Waals surface area contributed by atoms with Crippen molar-refractivity contribution in [3.63, 3.8) is 0 Å². The molecular weight excluding hydrogens is 757 g/mol. The van der Waals surface area contributed by atoms with Gasteiger partial charge in [-0.25, -0.2) is 0 Å².